The second-order valence-corrected chi connectivity index (χ2v) is 8.58. The van der Waals surface area contributed by atoms with E-state index < -0.39 is 0 Å². The van der Waals surface area contributed by atoms with Crippen LogP contribution in [0.25, 0.3) is 0 Å². The molecule has 0 saturated heterocycles. The second kappa shape index (κ2) is 7.93. The molecule has 0 aliphatic rings. The summed E-state index contributed by atoms with van der Waals surface area (Å²) >= 11 is 9.01. The Hall–Kier alpha value is 0.620. The van der Waals surface area contributed by atoms with E-state index in [0.717, 1.165) is 26.2 Å². The summed E-state index contributed by atoms with van der Waals surface area (Å²) < 4.78 is 0.137. The fourth-order valence-electron chi connectivity index (χ4n) is 1.53. The minimum atomic E-state index is 0.0683. The molecule has 0 aromatic rings. The maximum absolute atomic E-state index is 4.51. The van der Waals surface area contributed by atoms with Crippen molar-refractivity contribution in [2.24, 2.45) is 5.92 Å². The van der Waals surface area contributed by atoms with Crippen LogP contribution in [-0.2, 0) is 0 Å². The Bertz CT molecular complexity index is 175. The van der Waals surface area contributed by atoms with Crippen molar-refractivity contribution < 1.29 is 0 Å². The third kappa shape index (κ3) is 12.9. The van der Waals surface area contributed by atoms with Crippen molar-refractivity contribution in [2.45, 2.75) is 50.5 Å². The molecule has 0 radical (unpaired) electrons. The highest BCUT2D eigenvalue weighted by Crippen LogP contribution is 2.11. The number of rotatable bonds is 9. The molecule has 2 N–H and O–H groups in total. The number of hydrogen-bond donors (Lipinski definition) is 4. The summed E-state index contributed by atoms with van der Waals surface area (Å²) in [6.07, 6.45) is 1.19. The molecule has 104 valence electrons. The molecule has 0 spiro atoms. The molecule has 0 saturated carbocycles. The number of hydrogen-bond acceptors (Lipinski definition) is 4. The average molecular weight is 279 g/mol. The molecule has 0 heterocycles. The Morgan fingerprint density at radius 3 is 1.47 bits per heavy atom. The van der Waals surface area contributed by atoms with Crippen molar-refractivity contribution in [1.29, 1.82) is 0 Å². The average Bonchev–Trinajstić information content (AvgIpc) is 2.11. The van der Waals surface area contributed by atoms with E-state index in [1.54, 1.807) is 0 Å². The molecule has 0 amide bonds. The smallest absolute Gasteiger partial charge is 0.0198 e. The topological polar surface area (TPSA) is 24.1 Å². The van der Waals surface area contributed by atoms with Gasteiger partial charge < -0.3 is 10.6 Å². The molecule has 17 heavy (non-hydrogen) atoms. The molecule has 0 atom stereocenters. The van der Waals surface area contributed by atoms with E-state index in [1.807, 2.05) is 0 Å². The van der Waals surface area contributed by atoms with E-state index in [4.69, 9.17) is 0 Å². The fourth-order valence-corrected chi connectivity index (χ4v) is 1.75. The first-order valence-electron chi connectivity index (χ1n) is 6.50. The summed E-state index contributed by atoms with van der Waals surface area (Å²) in [5, 5.41) is 6.98. The van der Waals surface area contributed by atoms with Crippen LogP contribution in [0.3, 0.4) is 0 Å². The highest BCUT2D eigenvalue weighted by molar-refractivity contribution is 7.82. The quantitative estimate of drug-likeness (QED) is 0.487. The summed E-state index contributed by atoms with van der Waals surface area (Å²) in [7, 11) is 0. The number of nitrogens with one attached hydrogen (secondary N) is 2. The summed E-state index contributed by atoms with van der Waals surface area (Å²) in [6, 6.07) is 0. The van der Waals surface area contributed by atoms with Crippen LogP contribution in [0.15, 0.2) is 0 Å². The van der Waals surface area contributed by atoms with Gasteiger partial charge in [0.1, 0.15) is 0 Å². The van der Waals surface area contributed by atoms with E-state index in [0.29, 0.717) is 5.92 Å². The van der Waals surface area contributed by atoms with E-state index in [2.05, 4.69) is 70.5 Å². The molecule has 0 aliphatic carbocycles. The van der Waals surface area contributed by atoms with Gasteiger partial charge in [-0.3, -0.25) is 0 Å². The summed E-state index contributed by atoms with van der Waals surface area (Å²) in [6.45, 7) is 14.8. The van der Waals surface area contributed by atoms with Gasteiger partial charge in [-0.25, -0.2) is 0 Å². The second-order valence-electron chi connectivity index (χ2n) is 6.16. The Kier molecular flexibility index (Phi) is 8.21. The van der Waals surface area contributed by atoms with Crippen molar-refractivity contribution in [3.8, 4) is 0 Å². The molecule has 2 nitrogen and oxygen atoms in total. The Balaban J connectivity index is 3.70. The standard InChI is InChI=1S/C13H30N2S2/c1-6-11(7-14-9-12(2,3)16)8-15-10-13(4,5)17/h11,14-17H,6-10H2,1-5H3. The van der Waals surface area contributed by atoms with Gasteiger partial charge in [0.05, 0.1) is 0 Å². The highest BCUT2D eigenvalue weighted by atomic mass is 32.1. The molecule has 0 unspecified atom stereocenters. The first-order valence-corrected chi connectivity index (χ1v) is 7.39. The SMILES string of the molecule is CCC(CNCC(C)(C)S)CNCC(C)(C)S. The van der Waals surface area contributed by atoms with Gasteiger partial charge in [-0.2, -0.15) is 25.3 Å². The highest BCUT2D eigenvalue weighted by Gasteiger charge is 2.14. The predicted molar refractivity (Wildman–Crippen MR) is 85.7 cm³/mol. The maximum atomic E-state index is 4.51. The first kappa shape index (κ1) is 17.6. The minimum Gasteiger partial charge on any atom is -0.315 e. The lowest BCUT2D eigenvalue weighted by molar-refractivity contribution is 0.415. The summed E-state index contributed by atoms with van der Waals surface area (Å²) in [5.74, 6) is 0.682. The van der Waals surface area contributed by atoms with Crippen LogP contribution in [0.4, 0.5) is 0 Å². The third-order valence-corrected chi connectivity index (χ3v) is 2.87. The molecule has 0 rings (SSSR count). The number of thiol groups is 2. The van der Waals surface area contributed by atoms with Crippen LogP contribution in [0.5, 0.6) is 0 Å². The first-order chi connectivity index (χ1) is 7.64. The predicted octanol–water partition coefficient (Wildman–Crippen LogP) is 2.61. The van der Waals surface area contributed by atoms with Crippen molar-refractivity contribution in [3.63, 3.8) is 0 Å². The van der Waals surface area contributed by atoms with Crippen molar-refractivity contribution in [2.75, 3.05) is 26.2 Å². The van der Waals surface area contributed by atoms with Gasteiger partial charge in [0.2, 0.25) is 0 Å². The molecule has 0 aromatic heterocycles. The zero-order valence-corrected chi connectivity index (χ0v) is 13.8. The van der Waals surface area contributed by atoms with Crippen LogP contribution >= 0.6 is 25.3 Å². The van der Waals surface area contributed by atoms with Gasteiger partial charge in [-0.05, 0) is 46.7 Å². The van der Waals surface area contributed by atoms with E-state index >= 15 is 0 Å². The van der Waals surface area contributed by atoms with Crippen LogP contribution < -0.4 is 10.6 Å². The molecule has 0 aliphatic heterocycles. The Morgan fingerprint density at radius 2 is 1.24 bits per heavy atom. The van der Waals surface area contributed by atoms with Gasteiger partial charge in [-0.1, -0.05) is 13.3 Å². The molecule has 0 fully saturated rings. The normalized spacial score (nSPS) is 13.4. The van der Waals surface area contributed by atoms with Crippen molar-refractivity contribution >= 4 is 25.3 Å². The van der Waals surface area contributed by atoms with Gasteiger partial charge in [0, 0.05) is 22.6 Å². The van der Waals surface area contributed by atoms with Crippen LogP contribution in [0, 0.1) is 5.92 Å². The van der Waals surface area contributed by atoms with E-state index in [1.165, 1.54) is 6.42 Å². The largest absolute Gasteiger partial charge is 0.315 e. The van der Waals surface area contributed by atoms with Crippen LogP contribution in [-0.4, -0.2) is 35.7 Å². The Morgan fingerprint density at radius 1 is 0.882 bits per heavy atom. The monoisotopic (exact) mass is 278 g/mol. The minimum absolute atomic E-state index is 0.0683. The van der Waals surface area contributed by atoms with Gasteiger partial charge in [0.15, 0.2) is 0 Å². The van der Waals surface area contributed by atoms with Gasteiger partial charge >= 0.3 is 0 Å². The molecular formula is C13H30N2S2. The molecule has 0 aromatic carbocycles. The maximum Gasteiger partial charge on any atom is 0.0198 e. The molecule has 4 heteroatoms. The summed E-state index contributed by atoms with van der Waals surface area (Å²) in [4.78, 5) is 0. The van der Waals surface area contributed by atoms with E-state index in [-0.39, 0.29) is 9.49 Å². The van der Waals surface area contributed by atoms with Crippen molar-refractivity contribution in [1.82, 2.24) is 10.6 Å². The van der Waals surface area contributed by atoms with Crippen LogP contribution in [0.2, 0.25) is 0 Å². The van der Waals surface area contributed by atoms with Gasteiger partial charge in [-0.15, -0.1) is 0 Å². The van der Waals surface area contributed by atoms with Gasteiger partial charge in [0.25, 0.3) is 0 Å². The van der Waals surface area contributed by atoms with Crippen molar-refractivity contribution in [3.05, 3.63) is 0 Å². The third-order valence-electron chi connectivity index (χ3n) is 2.56. The Labute approximate surface area is 119 Å². The lowest BCUT2D eigenvalue weighted by Crippen LogP contribution is -2.39. The molecule has 0 bridgehead atoms. The fraction of sp³-hybridized carbons (Fsp3) is 1.00. The zero-order chi connectivity index (χ0) is 13.5. The zero-order valence-electron chi connectivity index (χ0n) is 12.0. The van der Waals surface area contributed by atoms with Crippen LogP contribution in [0.1, 0.15) is 41.0 Å². The lowest BCUT2D eigenvalue weighted by atomic mass is 10.1. The summed E-state index contributed by atoms with van der Waals surface area (Å²) in [5.41, 5.74) is 0. The lowest BCUT2D eigenvalue weighted by Gasteiger charge is -2.23. The molecular weight excluding hydrogens is 248 g/mol. The van der Waals surface area contributed by atoms with E-state index in [9.17, 15) is 0 Å².